The summed E-state index contributed by atoms with van der Waals surface area (Å²) in [5.74, 6) is -0.871. The molecule has 3 atom stereocenters. The summed E-state index contributed by atoms with van der Waals surface area (Å²) < 4.78 is 0. The summed E-state index contributed by atoms with van der Waals surface area (Å²) in [5, 5.41) is 9.79. The van der Waals surface area contributed by atoms with E-state index in [9.17, 15) is 9.59 Å². The molecule has 1 saturated carbocycles. The number of aliphatic carboxylic acids is 1. The van der Waals surface area contributed by atoms with Gasteiger partial charge in [-0.1, -0.05) is 23.7 Å². The average molecular weight is 308 g/mol. The first-order valence-electron chi connectivity index (χ1n) is 7.33. The number of carbonyl (C=O) groups excluding carboxylic acids is 1. The molecule has 1 amide bonds. The lowest BCUT2D eigenvalue weighted by Gasteiger charge is -2.31. The molecule has 1 heterocycles. The molecule has 0 radical (unpaired) electrons. The van der Waals surface area contributed by atoms with Crippen molar-refractivity contribution < 1.29 is 14.7 Å². The Morgan fingerprint density at radius 1 is 1.33 bits per heavy atom. The SMILES string of the molecule is O=C(O)[C@@H]1CCCN(C(=O)[C@@H]2C[C@H]2c2cccc(Cl)c2)C1. The normalized spacial score (nSPS) is 28.2. The van der Waals surface area contributed by atoms with Crippen LogP contribution >= 0.6 is 11.6 Å². The first-order chi connectivity index (χ1) is 10.1. The Hall–Kier alpha value is -1.55. The molecule has 3 rings (SSSR count). The van der Waals surface area contributed by atoms with Gasteiger partial charge in [0.2, 0.25) is 5.91 Å². The number of hydrogen-bond donors (Lipinski definition) is 1. The fourth-order valence-electron chi connectivity index (χ4n) is 3.19. The van der Waals surface area contributed by atoms with Crippen molar-refractivity contribution in [1.82, 2.24) is 4.90 Å². The van der Waals surface area contributed by atoms with Gasteiger partial charge in [0.05, 0.1) is 5.92 Å². The standard InChI is InChI=1S/C16H18ClNO3/c17-12-5-1-3-10(7-12)13-8-14(13)15(19)18-6-2-4-11(9-18)16(20)21/h1,3,5,7,11,13-14H,2,4,6,8-9H2,(H,20,21)/t11-,13+,14-/m1/s1. The Bertz CT molecular complexity index is 574. The molecule has 0 unspecified atom stereocenters. The van der Waals surface area contributed by atoms with E-state index in [-0.39, 0.29) is 17.7 Å². The van der Waals surface area contributed by atoms with Crippen LogP contribution in [0.25, 0.3) is 0 Å². The molecule has 21 heavy (non-hydrogen) atoms. The van der Waals surface area contributed by atoms with Crippen LogP contribution in [0.3, 0.4) is 0 Å². The Kier molecular flexibility index (Phi) is 3.89. The van der Waals surface area contributed by atoms with Gasteiger partial charge in [-0.2, -0.15) is 0 Å². The van der Waals surface area contributed by atoms with Gasteiger partial charge < -0.3 is 10.0 Å². The van der Waals surface area contributed by atoms with E-state index in [0.717, 1.165) is 18.4 Å². The highest BCUT2D eigenvalue weighted by Gasteiger charge is 2.46. The molecule has 2 aliphatic rings. The largest absolute Gasteiger partial charge is 0.481 e. The minimum absolute atomic E-state index is 0.00369. The molecule has 1 aliphatic carbocycles. The first kappa shape index (κ1) is 14.4. The van der Waals surface area contributed by atoms with Gasteiger partial charge >= 0.3 is 5.97 Å². The van der Waals surface area contributed by atoms with E-state index in [0.29, 0.717) is 24.5 Å². The van der Waals surface area contributed by atoms with E-state index in [4.69, 9.17) is 16.7 Å². The summed E-state index contributed by atoms with van der Waals surface area (Å²) in [4.78, 5) is 25.3. The monoisotopic (exact) mass is 307 g/mol. The average Bonchev–Trinajstić information content (AvgIpc) is 3.27. The predicted octanol–water partition coefficient (Wildman–Crippen LogP) is 2.77. The fourth-order valence-corrected chi connectivity index (χ4v) is 3.39. The molecular formula is C16H18ClNO3. The smallest absolute Gasteiger partial charge is 0.308 e. The summed E-state index contributed by atoms with van der Waals surface area (Å²) in [7, 11) is 0. The number of piperidine rings is 1. The van der Waals surface area contributed by atoms with Gasteiger partial charge in [0, 0.05) is 24.0 Å². The number of carbonyl (C=O) groups is 2. The zero-order valence-corrected chi connectivity index (χ0v) is 12.4. The second kappa shape index (κ2) is 5.68. The summed E-state index contributed by atoms with van der Waals surface area (Å²) in [6.07, 6.45) is 2.28. The van der Waals surface area contributed by atoms with Gasteiger partial charge in [-0.05, 0) is 42.9 Å². The van der Waals surface area contributed by atoms with Crippen molar-refractivity contribution in [2.45, 2.75) is 25.2 Å². The van der Waals surface area contributed by atoms with Crippen LogP contribution in [0.4, 0.5) is 0 Å². The Morgan fingerprint density at radius 2 is 2.14 bits per heavy atom. The Morgan fingerprint density at radius 3 is 2.86 bits per heavy atom. The number of halogens is 1. The second-order valence-corrected chi connectivity index (χ2v) is 6.40. The molecule has 5 heteroatoms. The van der Waals surface area contributed by atoms with Crippen molar-refractivity contribution >= 4 is 23.5 Å². The molecule has 0 aromatic heterocycles. The van der Waals surface area contributed by atoms with Crippen molar-refractivity contribution in [1.29, 1.82) is 0 Å². The van der Waals surface area contributed by atoms with Crippen LogP contribution in [0.5, 0.6) is 0 Å². The van der Waals surface area contributed by atoms with Crippen molar-refractivity contribution in [2.75, 3.05) is 13.1 Å². The number of carboxylic acid groups (broad SMARTS) is 1. The quantitative estimate of drug-likeness (QED) is 0.934. The number of amides is 1. The number of nitrogens with zero attached hydrogens (tertiary/aromatic N) is 1. The highest BCUT2D eigenvalue weighted by molar-refractivity contribution is 6.30. The van der Waals surface area contributed by atoms with Crippen LogP contribution in [0, 0.1) is 11.8 Å². The van der Waals surface area contributed by atoms with Gasteiger partial charge in [0.1, 0.15) is 0 Å². The number of rotatable bonds is 3. The maximum Gasteiger partial charge on any atom is 0.308 e. The highest BCUT2D eigenvalue weighted by Crippen LogP contribution is 2.49. The zero-order chi connectivity index (χ0) is 15.0. The maximum absolute atomic E-state index is 12.5. The summed E-state index contributed by atoms with van der Waals surface area (Å²) in [5.41, 5.74) is 1.10. The third-order valence-electron chi connectivity index (χ3n) is 4.47. The number of likely N-dealkylation sites (tertiary alicyclic amines) is 1. The summed E-state index contributed by atoms with van der Waals surface area (Å²) in [6, 6.07) is 7.64. The van der Waals surface area contributed by atoms with Gasteiger partial charge in [-0.25, -0.2) is 0 Å². The summed E-state index contributed by atoms with van der Waals surface area (Å²) >= 11 is 5.99. The van der Waals surface area contributed by atoms with Gasteiger partial charge in [-0.3, -0.25) is 9.59 Å². The molecule has 0 bridgehead atoms. The molecule has 0 spiro atoms. The van der Waals surface area contributed by atoms with E-state index >= 15 is 0 Å². The second-order valence-electron chi connectivity index (χ2n) is 5.97. The molecular weight excluding hydrogens is 290 g/mol. The third-order valence-corrected chi connectivity index (χ3v) is 4.70. The zero-order valence-electron chi connectivity index (χ0n) is 11.7. The lowest BCUT2D eigenvalue weighted by Crippen LogP contribution is -2.43. The van der Waals surface area contributed by atoms with Crippen LogP contribution in [-0.2, 0) is 9.59 Å². The van der Waals surface area contributed by atoms with Gasteiger partial charge in [0.15, 0.2) is 0 Å². The van der Waals surface area contributed by atoms with Crippen molar-refractivity contribution in [3.8, 4) is 0 Å². The Balaban J connectivity index is 1.63. The van der Waals surface area contributed by atoms with Crippen LogP contribution in [0.15, 0.2) is 24.3 Å². The molecule has 1 aromatic carbocycles. The molecule has 2 fully saturated rings. The molecule has 4 nitrogen and oxygen atoms in total. The Labute approximate surface area is 128 Å². The van der Waals surface area contributed by atoms with E-state index in [1.54, 1.807) is 4.90 Å². The third kappa shape index (κ3) is 3.05. The van der Waals surface area contributed by atoms with Crippen molar-refractivity contribution in [2.24, 2.45) is 11.8 Å². The lowest BCUT2D eigenvalue weighted by molar-refractivity contribution is -0.146. The fraction of sp³-hybridized carbons (Fsp3) is 0.500. The lowest BCUT2D eigenvalue weighted by atomic mass is 9.97. The molecule has 1 N–H and O–H groups in total. The topological polar surface area (TPSA) is 57.6 Å². The minimum Gasteiger partial charge on any atom is -0.481 e. The first-order valence-corrected chi connectivity index (χ1v) is 7.71. The van der Waals surface area contributed by atoms with E-state index in [1.807, 2.05) is 24.3 Å². The predicted molar refractivity (Wildman–Crippen MR) is 79.2 cm³/mol. The summed E-state index contributed by atoms with van der Waals surface area (Å²) in [6.45, 7) is 1.04. The maximum atomic E-state index is 12.5. The highest BCUT2D eigenvalue weighted by atomic mass is 35.5. The van der Waals surface area contributed by atoms with Gasteiger partial charge in [0.25, 0.3) is 0 Å². The van der Waals surface area contributed by atoms with Crippen LogP contribution < -0.4 is 0 Å². The molecule has 1 aliphatic heterocycles. The molecule has 112 valence electrons. The van der Waals surface area contributed by atoms with Crippen molar-refractivity contribution in [3.63, 3.8) is 0 Å². The van der Waals surface area contributed by atoms with Crippen molar-refractivity contribution in [3.05, 3.63) is 34.9 Å². The number of benzene rings is 1. The number of hydrogen-bond acceptors (Lipinski definition) is 2. The minimum atomic E-state index is -0.797. The van der Waals surface area contributed by atoms with E-state index in [1.165, 1.54) is 0 Å². The van der Waals surface area contributed by atoms with E-state index < -0.39 is 11.9 Å². The van der Waals surface area contributed by atoms with Crippen LogP contribution in [-0.4, -0.2) is 35.0 Å². The van der Waals surface area contributed by atoms with Gasteiger partial charge in [-0.15, -0.1) is 0 Å². The van der Waals surface area contributed by atoms with E-state index in [2.05, 4.69) is 0 Å². The van der Waals surface area contributed by atoms with Crippen LogP contribution in [0.1, 0.15) is 30.7 Å². The molecule has 1 saturated heterocycles. The molecule has 1 aromatic rings. The number of carboxylic acids is 1. The van der Waals surface area contributed by atoms with Crippen LogP contribution in [0.2, 0.25) is 5.02 Å².